The van der Waals surface area contributed by atoms with Gasteiger partial charge in [-0.05, 0) is 31.6 Å². The Morgan fingerprint density at radius 2 is 2.45 bits per heavy atom. The summed E-state index contributed by atoms with van der Waals surface area (Å²) in [4.78, 5) is 7.63. The molecule has 0 spiro atoms. The first kappa shape index (κ1) is 13.6. The molecule has 0 radical (unpaired) electrons. The van der Waals surface area contributed by atoms with Crippen LogP contribution in [0.4, 0.5) is 0 Å². The van der Waals surface area contributed by atoms with E-state index >= 15 is 0 Å². The fourth-order valence-electron chi connectivity index (χ4n) is 3.81. The van der Waals surface area contributed by atoms with Crippen molar-refractivity contribution in [3.05, 3.63) is 54.1 Å². The standard InChI is InChI=1S/C18H20N2O2.H2/c1-3-22-15-7-4-8-18(10-14(15)18)16(21-2)13-11-20-17-12(13)6-5-9-19-17;/h4-9,11,14,16H,3,10H2,1-2H3,(H,19,20);1H. The average Bonchev–Trinajstić information content (AvgIpc) is 3.16. The Morgan fingerprint density at radius 3 is 3.27 bits per heavy atom. The Morgan fingerprint density at radius 1 is 1.55 bits per heavy atom. The molecule has 116 valence electrons. The fourth-order valence-corrected chi connectivity index (χ4v) is 3.81. The third kappa shape index (κ3) is 1.83. The molecule has 1 saturated carbocycles. The number of nitrogens with zero attached hydrogens (tertiary/aromatic N) is 1. The van der Waals surface area contributed by atoms with Crippen LogP contribution in [0.15, 0.2) is 48.5 Å². The molecule has 0 amide bonds. The lowest BCUT2D eigenvalue weighted by Crippen LogP contribution is -2.19. The van der Waals surface area contributed by atoms with Crippen LogP contribution in [0.2, 0.25) is 0 Å². The summed E-state index contributed by atoms with van der Waals surface area (Å²) in [5.41, 5.74) is 2.10. The Kier molecular flexibility index (Phi) is 3.08. The van der Waals surface area contributed by atoms with Crippen molar-refractivity contribution in [3.63, 3.8) is 0 Å². The molecule has 1 fully saturated rings. The Labute approximate surface area is 131 Å². The van der Waals surface area contributed by atoms with Crippen molar-refractivity contribution in [1.29, 1.82) is 0 Å². The minimum absolute atomic E-state index is 0. The monoisotopic (exact) mass is 298 g/mol. The molecule has 0 saturated heterocycles. The van der Waals surface area contributed by atoms with Crippen molar-refractivity contribution >= 4 is 11.0 Å². The zero-order valence-electron chi connectivity index (χ0n) is 12.9. The molecule has 2 aromatic heterocycles. The lowest BCUT2D eigenvalue weighted by molar-refractivity contribution is 0.0492. The van der Waals surface area contributed by atoms with Crippen molar-refractivity contribution in [2.75, 3.05) is 13.7 Å². The van der Waals surface area contributed by atoms with Crippen LogP contribution in [0.3, 0.4) is 0 Å². The number of ether oxygens (including phenoxy) is 2. The van der Waals surface area contributed by atoms with Crippen molar-refractivity contribution < 1.29 is 10.9 Å². The van der Waals surface area contributed by atoms with Gasteiger partial charge >= 0.3 is 0 Å². The number of pyridine rings is 1. The highest BCUT2D eigenvalue weighted by Gasteiger charge is 2.61. The van der Waals surface area contributed by atoms with E-state index in [1.165, 1.54) is 5.56 Å². The molecule has 0 bridgehead atoms. The van der Waals surface area contributed by atoms with Crippen molar-refractivity contribution in [2.45, 2.75) is 19.4 Å². The molecule has 4 heteroatoms. The van der Waals surface area contributed by atoms with Crippen LogP contribution in [0.25, 0.3) is 11.0 Å². The molecule has 2 aliphatic carbocycles. The summed E-state index contributed by atoms with van der Waals surface area (Å²) in [6.07, 6.45) is 11.4. The highest BCUT2D eigenvalue weighted by Crippen LogP contribution is 2.67. The summed E-state index contributed by atoms with van der Waals surface area (Å²) >= 11 is 0. The summed E-state index contributed by atoms with van der Waals surface area (Å²) in [5, 5.41) is 1.13. The predicted molar refractivity (Wildman–Crippen MR) is 87.3 cm³/mol. The minimum Gasteiger partial charge on any atom is -0.498 e. The van der Waals surface area contributed by atoms with E-state index in [-0.39, 0.29) is 12.9 Å². The Balaban J connectivity index is 0.00000156. The molecule has 2 aliphatic rings. The number of aromatic nitrogens is 2. The van der Waals surface area contributed by atoms with E-state index in [1.54, 1.807) is 13.3 Å². The molecule has 1 N–H and O–H groups in total. The zero-order chi connectivity index (χ0) is 15.2. The van der Waals surface area contributed by atoms with Gasteiger partial charge in [-0.25, -0.2) is 4.98 Å². The molecule has 3 atom stereocenters. The van der Waals surface area contributed by atoms with Gasteiger partial charge in [0.2, 0.25) is 0 Å². The number of allylic oxidation sites excluding steroid dienone is 3. The summed E-state index contributed by atoms with van der Waals surface area (Å²) in [6, 6.07) is 4.07. The molecule has 3 unspecified atom stereocenters. The van der Waals surface area contributed by atoms with Gasteiger partial charge in [-0.1, -0.05) is 12.2 Å². The summed E-state index contributed by atoms with van der Waals surface area (Å²) < 4.78 is 11.7. The van der Waals surface area contributed by atoms with Crippen LogP contribution in [-0.4, -0.2) is 23.7 Å². The first-order valence-corrected chi connectivity index (χ1v) is 7.77. The van der Waals surface area contributed by atoms with Crippen LogP contribution < -0.4 is 0 Å². The van der Waals surface area contributed by atoms with E-state index in [9.17, 15) is 0 Å². The maximum Gasteiger partial charge on any atom is 0.137 e. The second-order valence-corrected chi connectivity index (χ2v) is 5.99. The number of methoxy groups -OCH3 is 1. The van der Waals surface area contributed by atoms with Gasteiger partial charge < -0.3 is 14.5 Å². The lowest BCUT2D eigenvalue weighted by atomic mass is 9.87. The maximum atomic E-state index is 5.93. The van der Waals surface area contributed by atoms with E-state index in [1.807, 2.05) is 19.2 Å². The molecule has 2 aromatic rings. The third-order valence-corrected chi connectivity index (χ3v) is 4.86. The zero-order valence-corrected chi connectivity index (χ0v) is 12.9. The number of aromatic amines is 1. The van der Waals surface area contributed by atoms with Crippen LogP contribution in [-0.2, 0) is 9.47 Å². The van der Waals surface area contributed by atoms with Gasteiger partial charge in [0.05, 0.1) is 18.5 Å². The highest BCUT2D eigenvalue weighted by atomic mass is 16.5. The highest BCUT2D eigenvalue weighted by molar-refractivity contribution is 5.80. The summed E-state index contributed by atoms with van der Waals surface area (Å²) in [5.74, 6) is 1.51. The summed E-state index contributed by atoms with van der Waals surface area (Å²) in [6.45, 7) is 2.74. The smallest absolute Gasteiger partial charge is 0.137 e. The van der Waals surface area contributed by atoms with Gasteiger partial charge in [0.1, 0.15) is 5.65 Å². The maximum absolute atomic E-state index is 5.93. The topological polar surface area (TPSA) is 47.1 Å². The quantitative estimate of drug-likeness (QED) is 0.907. The van der Waals surface area contributed by atoms with Crippen LogP contribution in [0.5, 0.6) is 0 Å². The number of nitrogens with one attached hydrogen (secondary N) is 1. The third-order valence-electron chi connectivity index (χ3n) is 4.86. The van der Waals surface area contributed by atoms with Gasteiger partial charge in [0.25, 0.3) is 0 Å². The van der Waals surface area contributed by atoms with Crippen molar-refractivity contribution in [2.24, 2.45) is 11.3 Å². The number of hydrogen-bond acceptors (Lipinski definition) is 3. The normalized spacial score (nSPS) is 27.4. The average molecular weight is 298 g/mol. The second kappa shape index (κ2) is 4.99. The van der Waals surface area contributed by atoms with Crippen LogP contribution in [0, 0.1) is 11.3 Å². The van der Waals surface area contributed by atoms with Gasteiger partial charge in [-0.2, -0.15) is 0 Å². The Bertz CT molecular complexity index is 767. The van der Waals surface area contributed by atoms with Crippen LogP contribution in [0.1, 0.15) is 26.4 Å². The van der Waals surface area contributed by atoms with E-state index in [0.717, 1.165) is 23.2 Å². The largest absolute Gasteiger partial charge is 0.498 e. The minimum atomic E-state index is 0. The molecular formula is C18H22N2O2. The lowest BCUT2D eigenvalue weighted by Gasteiger charge is -2.26. The van der Waals surface area contributed by atoms with Gasteiger partial charge in [0, 0.05) is 43.2 Å². The number of H-pyrrole nitrogens is 1. The number of rotatable bonds is 5. The van der Waals surface area contributed by atoms with Crippen molar-refractivity contribution in [1.82, 2.24) is 9.97 Å². The van der Waals surface area contributed by atoms with Gasteiger partial charge in [-0.3, -0.25) is 0 Å². The first-order chi connectivity index (χ1) is 10.8. The summed E-state index contributed by atoms with van der Waals surface area (Å²) in [7, 11) is 1.79. The SMILES string of the molecule is CCOC1=CC=CC2(C(OC)c3c[nH]c4ncccc34)CC12.[HH]. The molecule has 0 aliphatic heterocycles. The number of fused-ring (bicyclic) bond motifs is 2. The van der Waals surface area contributed by atoms with E-state index in [0.29, 0.717) is 12.5 Å². The van der Waals surface area contributed by atoms with Gasteiger partial charge in [-0.15, -0.1) is 0 Å². The van der Waals surface area contributed by atoms with E-state index < -0.39 is 0 Å². The van der Waals surface area contributed by atoms with E-state index in [2.05, 4.69) is 34.3 Å². The molecule has 22 heavy (non-hydrogen) atoms. The molecule has 4 nitrogen and oxygen atoms in total. The molecule has 0 aromatic carbocycles. The fraction of sp³-hybridized carbons (Fsp3) is 0.389. The second-order valence-electron chi connectivity index (χ2n) is 5.99. The molecule has 2 heterocycles. The Hall–Kier alpha value is -2.07. The number of hydrogen-bond donors (Lipinski definition) is 1. The van der Waals surface area contributed by atoms with Gasteiger partial charge in [0.15, 0.2) is 0 Å². The van der Waals surface area contributed by atoms with E-state index in [4.69, 9.17) is 9.47 Å². The molecule has 4 rings (SSSR count). The molecular weight excluding hydrogens is 276 g/mol. The van der Waals surface area contributed by atoms with Crippen LogP contribution >= 0.6 is 0 Å². The van der Waals surface area contributed by atoms with Crippen molar-refractivity contribution in [3.8, 4) is 0 Å². The first-order valence-electron chi connectivity index (χ1n) is 7.77. The predicted octanol–water partition coefficient (Wildman–Crippen LogP) is 3.99.